The molecular formula is C16H14N4O3S. The molecule has 2 aromatic heterocycles. The van der Waals surface area contributed by atoms with Crippen LogP contribution < -0.4 is 14.9 Å². The summed E-state index contributed by atoms with van der Waals surface area (Å²) in [7, 11) is 0. The van der Waals surface area contributed by atoms with Crippen molar-refractivity contribution in [2.24, 2.45) is 5.10 Å². The number of hydrogen-bond donors (Lipinski definition) is 1. The van der Waals surface area contributed by atoms with Gasteiger partial charge in [0.2, 0.25) is 5.91 Å². The van der Waals surface area contributed by atoms with Crippen molar-refractivity contribution in [3.05, 3.63) is 47.2 Å². The van der Waals surface area contributed by atoms with E-state index in [0.717, 1.165) is 16.3 Å². The number of hydrogen-bond acceptors (Lipinski definition) is 6. The Kier molecular flexibility index (Phi) is 3.87. The van der Waals surface area contributed by atoms with E-state index >= 15 is 0 Å². The SMILES string of the molecule is O=C(Cc1cn2ccsc2n1)N/N=C\c1ccc2c(c1)OCCO2. The summed E-state index contributed by atoms with van der Waals surface area (Å²) in [4.78, 5) is 17.2. The molecule has 0 fully saturated rings. The maximum atomic E-state index is 11.9. The van der Waals surface area contributed by atoms with Gasteiger partial charge in [-0.1, -0.05) is 0 Å². The fourth-order valence-corrected chi connectivity index (χ4v) is 3.10. The molecule has 1 aliphatic heterocycles. The van der Waals surface area contributed by atoms with E-state index in [4.69, 9.17) is 9.47 Å². The minimum absolute atomic E-state index is 0.187. The number of ether oxygens (including phenoxy) is 2. The van der Waals surface area contributed by atoms with Crippen molar-refractivity contribution in [2.75, 3.05) is 13.2 Å². The number of nitrogens with zero attached hydrogens (tertiary/aromatic N) is 3. The number of aromatic nitrogens is 2. The number of thiazole rings is 1. The molecule has 0 radical (unpaired) electrons. The minimum Gasteiger partial charge on any atom is -0.486 e. The number of benzene rings is 1. The van der Waals surface area contributed by atoms with E-state index in [1.807, 2.05) is 40.4 Å². The van der Waals surface area contributed by atoms with Gasteiger partial charge in [-0.2, -0.15) is 5.10 Å². The molecular weight excluding hydrogens is 328 g/mol. The highest BCUT2D eigenvalue weighted by Crippen LogP contribution is 2.30. The number of rotatable bonds is 4. The molecule has 1 N–H and O–H groups in total. The van der Waals surface area contributed by atoms with Crippen molar-refractivity contribution in [3.63, 3.8) is 0 Å². The molecule has 0 aliphatic carbocycles. The Morgan fingerprint density at radius 3 is 3.12 bits per heavy atom. The largest absolute Gasteiger partial charge is 0.486 e. The Morgan fingerprint density at radius 1 is 1.38 bits per heavy atom. The van der Waals surface area contributed by atoms with Crippen LogP contribution in [0.2, 0.25) is 0 Å². The Balaban J connectivity index is 1.36. The lowest BCUT2D eigenvalue weighted by Crippen LogP contribution is -2.20. The molecule has 3 heterocycles. The average Bonchev–Trinajstić information content (AvgIpc) is 3.16. The van der Waals surface area contributed by atoms with Gasteiger partial charge in [0.05, 0.1) is 18.3 Å². The number of amides is 1. The highest BCUT2D eigenvalue weighted by atomic mass is 32.1. The normalized spacial score (nSPS) is 13.5. The number of hydrazone groups is 1. The van der Waals surface area contributed by atoms with Crippen molar-refractivity contribution in [3.8, 4) is 11.5 Å². The second-order valence-corrected chi connectivity index (χ2v) is 6.07. The molecule has 0 unspecified atom stereocenters. The van der Waals surface area contributed by atoms with Crippen LogP contribution in [0, 0.1) is 0 Å². The highest BCUT2D eigenvalue weighted by molar-refractivity contribution is 7.15. The van der Waals surface area contributed by atoms with Crippen LogP contribution in [0.4, 0.5) is 0 Å². The third-order valence-electron chi connectivity index (χ3n) is 3.45. The van der Waals surface area contributed by atoms with Crippen molar-refractivity contribution in [1.82, 2.24) is 14.8 Å². The first-order valence-corrected chi connectivity index (χ1v) is 8.28. The van der Waals surface area contributed by atoms with Crippen LogP contribution in [0.5, 0.6) is 11.5 Å². The molecule has 1 aliphatic rings. The van der Waals surface area contributed by atoms with E-state index < -0.39 is 0 Å². The molecule has 0 saturated carbocycles. The van der Waals surface area contributed by atoms with Crippen molar-refractivity contribution in [2.45, 2.75) is 6.42 Å². The molecule has 1 amide bonds. The summed E-state index contributed by atoms with van der Waals surface area (Å²) in [6.07, 6.45) is 5.51. The van der Waals surface area contributed by atoms with Crippen molar-refractivity contribution >= 4 is 28.4 Å². The zero-order valence-corrected chi connectivity index (χ0v) is 13.5. The standard InChI is InChI=1S/C16H14N4O3S/c21-15(8-12-10-20-3-6-24-16(20)18-12)19-17-9-11-1-2-13-14(7-11)23-5-4-22-13/h1-3,6-7,9-10H,4-5,8H2,(H,19,21)/b17-9-. The van der Waals surface area contributed by atoms with E-state index in [1.165, 1.54) is 11.3 Å². The zero-order chi connectivity index (χ0) is 16.4. The van der Waals surface area contributed by atoms with Crippen LogP contribution in [-0.4, -0.2) is 34.7 Å². The molecule has 3 aromatic rings. The van der Waals surface area contributed by atoms with Gasteiger partial charge in [0.1, 0.15) is 13.2 Å². The topological polar surface area (TPSA) is 77.2 Å². The van der Waals surface area contributed by atoms with E-state index in [1.54, 1.807) is 6.21 Å². The number of imidazole rings is 1. The quantitative estimate of drug-likeness (QED) is 0.580. The molecule has 24 heavy (non-hydrogen) atoms. The third-order valence-corrected chi connectivity index (χ3v) is 4.22. The highest BCUT2D eigenvalue weighted by Gasteiger charge is 2.11. The van der Waals surface area contributed by atoms with Crippen LogP contribution in [0.25, 0.3) is 4.96 Å². The smallest absolute Gasteiger partial charge is 0.246 e. The van der Waals surface area contributed by atoms with Gasteiger partial charge in [0, 0.05) is 17.8 Å². The number of carbonyl (C=O) groups is 1. The molecule has 8 heteroatoms. The summed E-state index contributed by atoms with van der Waals surface area (Å²) >= 11 is 1.53. The predicted molar refractivity (Wildman–Crippen MR) is 89.9 cm³/mol. The first-order chi connectivity index (χ1) is 11.8. The van der Waals surface area contributed by atoms with Crippen LogP contribution in [0.1, 0.15) is 11.3 Å². The summed E-state index contributed by atoms with van der Waals surface area (Å²) in [5, 5.41) is 5.92. The minimum atomic E-state index is -0.213. The maximum absolute atomic E-state index is 11.9. The Bertz CT molecular complexity index is 887. The molecule has 122 valence electrons. The van der Waals surface area contributed by atoms with Crippen LogP contribution >= 0.6 is 11.3 Å². The van der Waals surface area contributed by atoms with Crippen LogP contribution in [0.3, 0.4) is 0 Å². The molecule has 4 rings (SSSR count). The monoisotopic (exact) mass is 342 g/mol. The Hall–Kier alpha value is -2.87. The lowest BCUT2D eigenvalue weighted by Gasteiger charge is -2.18. The van der Waals surface area contributed by atoms with Gasteiger partial charge in [-0.3, -0.25) is 9.20 Å². The number of fused-ring (bicyclic) bond motifs is 2. The van der Waals surface area contributed by atoms with E-state index in [9.17, 15) is 4.79 Å². The van der Waals surface area contributed by atoms with Gasteiger partial charge in [0.15, 0.2) is 16.5 Å². The molecule has 0 saturated heterocycles. The zero-order valence-electron chi connectivity index (χ0n) is 12.6. The first kappa shape index (κ1) is 14.7. The summed E-state index contributed by atoms with van der Waals surface area (Å²) in [5.74, 6) is 1.20. The van der Waals surface area contributed by atoms with Crippen LogP contribution in [-0.2, 0) is 11.2 Å². The van der Waals surface area contributed by atoms with E-state index in [2.05, 4.69) is 15.5 Å². The fourth-order valence-electron chi connectivity index (χ4n) is 2.38. The van der Waals surface area contributed by atoms with E-state index in [-0.39, 0.29) is 12.3 Å². The number of carbonyl (C=O) groups excluding carboxylic acids is 1. The summed E-state index contributed by atoms with van der Waals surface area (Å²) in [5.41, 5.74) is 4.05. The van der Waals surface area contributed by atoms with Gasteiger partial charge in [-0.25, -0.2) is 10.4 Å². The van der Waals surface area contributed by atoms with Gasteiger partial charge < -0.3 is 9.47 Å². The summed E-state index contributed by atoms with van der Waals surface area (Å²) < 4.78 is 12.9. The van der Waals surface area contributed by atoms with Crippen molar-refractivity contribution < 1.29 is 14.3 Å². The van der Waals surface area contributed by atoms with Gasteiger partial charge >= 0.3 is 0 Å². The first-order valence-electron chi connectivity index (χ1n) is 7.40. The predicted octanol–water partition coefficient (Wildman–Crippen LogP) is 1.86. The molecule has 7 nitrogen and oxygen atoms in total. The average molecular weight is 342 g/mol. The second-order valence-electron chi connectivity index (χ2n) is 5.20. The second kappa shape index (κ2) is 6.32. The third kappa shape index (κ3) is 3.09. The maximum Gasteiger partial charge on any atom is 0.246 e. The molecule has 1 aromatic carbocycles. The molecule has 0 spiro atoms. The number of nitrogens with one attached hydrogen (secondary N) is 1. The van der Waals surface area contributed by atoms with Gasteiger partial charge in [-0.05, 0) is 23.8 Å². The van der Waals surface area contributed by atoms with Gasteiger partial charge in [-0.15, -0.1) is 11.3 Å². The Labute approximate surface area is 141 Å². The lowest BCUT2D eigenvalue weighted by atomic mass is 10.2. The summed E-state index contributed by atoms with van der Waals surface area (Å²) in [6, 6.07) is 5.51. The van der Waals surface area contributed by atoms with E-state index in [0.29, 0.717) is 24.7 Å². The lowest BCUT2D eigenvalue weighted by molar-refractivity contribution is -0.120. The van der Waals surface area contributed by atoms with Crippen molar-refractivity contribution in [1.29, 1.82) is 0 Å². The fraction of sp³-hybridized carbons (Fsp3) is 0.188. The molecule has 0 bridgehead atoms. The Morgan fingerprint density at radius 2 is 2.25 bits per heavy atom. The molecule has 0 atom stereocenters. The summed E-state index contributed by atoms with van der Waals surface area (Å²) in [6.45, 7) is 1.09. The van der Waals surface area contributed by atoms with Gasteiger partial charge in [0.25, 0.3) is 0 Å². The van der Waals surface area contributed by atoms with Crippen LogP contribution in [0.15, 0.2) is 41.1 Å².